The van der Waals surface area contributed by atoms with Crippen molar-refractivity contribution < 1.29 is 22.3 Å². The zero-order chi connectivity index (χ0) is 19.5. The molecule has 6 rings (SSSR count). The van der Waals surface area contributed by atoms with Gasteiger partial charge < -0.3 is 4.74 Å². The van der Waals surface area contributed by atoms with Crippen molar-refractivity contribution in [2.45, 2.75) is 69.0 Å². The Bertz CT molecular complexity index is 909. The zero-order valence-corrected chi connectivity index (χ0v) is 16.7. The molecule has 1 aromatic carbocycles. The fraction of sp³-hybridized carbons (Fsp3) is 0.667. The van der Waals surface area contributed by atoms with Crippen molar-refractivity contribution >= 4 is 15.9 Å². The summed E-state index contributed by atoms with van der Waals surface area (Å²) in [6, 6.07) is 2.78. The smallest absolute Gasteiger partial charge is 0.267 e. The second-order valence-electron chi connectivity index (χ2n) is 9.27. The molecule has 0 unspecified atom stereocenters. The summed E-state index contributed by atoms with van der Waals surface area (Å²) in [6.45, 7) is 0.601. The van der Waals surface area contributed by atoms with Crippen LogP contribution in [0.4, 0.5) is 4.39 Å². The maximum atomic E-state index is 14.7. The van der Waals surface area contributed by atoms with Crippen LogP contribution < -0.4 is 9.46 Å². The standard InChI is InChI=1S/C21H26FNO4S/c22-18-9-19(27-12-21-7-1-2-13(10-21)11-21)16(14-3-4-14)8-17(18)20(24)23-28(25,26)15-5-6-15/h8-9,13-15H,1-7,10-12H2,(H,23,24). The fourth-order valence-electron chi connectivity index (χ4n) is 4.99. The predicted octanol–water partition coefficient (Wildman–Crippen LogP) is 3.88. The summed E-state index contributed by atoms with van der Waals surface area (Å²) in [6.07, 6.45) is 9.20. The van der Waals surface area contributed by atoms with E-state index in [0.29, 0.717) is 25.2 Å². The Balaban J connectivity index is 1.35. The maximum absolute atomic E-state index is 14.7. The van der Waals surface area contributed by atoms with Crippen LogP contribution >= 0.6 is 0 Å². The van der Waals surface area contributed by atoms with Crippen LogP contribution in [0.3, 0.4) is 0 Å². The van der Waals surface area contributed by atoms with Gasteiger partial charge in [0.1, 0.15) is 11.6 Å². The summed E-state index contributed by atoms with van der Waals surface area (Å²) in [4.78, 5) is 12.4. The number of carbonyl (C=O) groups excluding carboxylic acids is 1. The van der Waals surface area contributed by atoms with Crippen LogP contribution in [0.2, 0.25) is 0 Å². The van der Waals surface area contributed by atoms with Gasteiger partial charge in [0, 0.05) is 11.5 Å². The Morgan fingerprint density at radius 2 is 1.93 bits per heavy atom. The van der Waals surface area contributed by atoms with E-state index in [-0.39, 0.29) is 16.9 Å². The van der Waals surface area contributed by atoms with Crippen LogP contribution in [0.25, 0.3) is 0 Å². The maximum Gasteiger partial charge on any atom is 0.267 e. The average Bonchev–Trinajstić information content (AvgIpc) is 3.51. The Hall–Kier alpha value is -1.63. The number of ether oxygens (including phenoxy) is 1. The molecule has 0 atom stereocenters. The predicted molar refractivity (Wildman–Crippen MR) is 102 cm³/mol. The van der Waals surface area contributed by atoms with Crippen molar-refractivity contribution in [3.8, 4) is 5.75 Å². The van der Waals surface area contributed by atoms with Crippen molar-refractivity contribution in [2.75, 3.05) is 6.61 Å². The number of benzene rings is 1. The molecule has 5 aliphatic carbocycles. The van der Waals surface area contributed by atoms with E-state index in [2.05, 4.69) is 0 Å². The highest BCUT2D eigenvalue weighted by atomic mass is 32.2. The van der Waals surface area contributed by atoms with E-state index in [1.165, 1.54) is 44.2 Å². The van der Waals surface area contributed by atoms with Crippen molar-refractivity contribution in [3.63, 3.8) is 0 Å². The number of hydrogen-bond acceptors (Lipinski definition) is 4. The molecule has 5 saturated carbocycles. The molecule has 0 saturated heterocycles. The van der Waals surface area contributed by atoms with Gasteiger partial charge >= 0.3 is 0 Å². The molecule has 5 aliphatic rings. The van der Waals surface area contributed by atoms with Crippen LogP contribution in [0.15, 0.2) is 12.1 Å². The zero-order valence-electron chi connectivity index (χ0n) is 15.9. The molecule has 2 bridgehead atoms. The Morgan fingerprint density at radius 1 is 1.18 bits per heavy atom. The van der Waals surface area contributed by atoms with E-state index in [1.54, 1.807) is 0 Å². The van der Waals surface area contributed by atoms with E-state index >= 15 is 0 Å². The van der Waals surface area contributed by atoms with Gasteiger partial charge in [0.15, 0.2) is 0 Å². The summed E-state index contributed by atoms with van der Waals surface area (Å²) in [5, 5.41) is -0.522. The summed E-state index contributed by atoms with van der Waals surface area (Å²) in [5.41, 5.74) is 0.866. The normalized spacial score (nSPS) is 29.1. The van der Waals surface area contributed by atoms with Gasteiger partial charge in [-0.05, 0) is 68.4 Å². The summed E-state index contributed by atoms with van der Waals surface area (Å²) < 4.78 is 46.9. The van der Waals surface area contributed by atoms with Gasteiger partial charge in [-0.1, -0.05) is 12.8 Å². The molecule has 0 aromatic heterocycles. The van der Waals surface area contributed by atoms with Gasteiger partial charge in [-0.25, -0.2) is 17.5 Å². The number of rotatable bonds is 7. The monoisotopic (exact) mass is 407 g/mol. The first-order valence-corrected chi connectivity index (χ1v) is 11.9. The van der Waals surface area contributed by atoms with E-state index in [0.717, 1.165) is 24.3 Å². The number of amides is 1. The van der Waals surface area contributed by atoms with Gasteiger partial charge in [0.25, 0.3) is 5.91 Å². The first-order chi connectivity index (χ1) is 13.4. The molecule has 152 valence electrons. The number of carbonyl (C=O) groups is 1. The molecule has 1 aromatic rings. The topological polar surface area (TPSA) is 72.5 Å². The highest BCUT2D eigenvalue weighted by Crippen LogP contribution is 2.56. The molecule has 1 amide bonds. The Labute approximate surface area is 165 Å². The number of nitrogens with one attached hydrogen (secondary N) is 1. The third-order valence-corrected chi connectivity index (χ3v) is 8.68. The second kappa shape index (κ2) is 6.44. The number of hydrogen-bond donors (Lipinski definition) is 1. The third-order valence-electron chi connectivity index (χ3n) is 6.86. The average molecular weight is 408 g/mol. The summed E-state index contributed by atoms with van der Waals surface area (Å²) in [5.74, 6) is 0.00254. The molecule has 0 spiro atoms. The molecule has 0 aliphatic heterocycles. The highest BCUT2D eigenvalue weighted by Gasteiger charge is 2.47. The molecule has 1 N–H and O–H groups in total. The van der Waals surface area contributed by atoms with Gasteiger partial charge in [-0.15, -0.1) is 0 Å². The van der Waals surface area contributed by atoms with Crippen LogP contribution in [-0.2, 0) is 10.0 Å². The lowest BCUT2D eigenvalue weighted by molar-refractivity contribution is -0.0414. The van der Waals surface area contributed by atoms with Crippen molar-refractivity contribution in [1.82, 2.24) is 4.72 Å². The van der Waals surface area contributed by atoms with E-state index in [4.69, 9.17) is 4.74 Å². The fourth-order valence-corrected chi connectivity index (χ4v) is 6.28. The van der Waals surface area contributed by atoms with E-state index < -0.39 is 27.0 Å². The first-order valence-electron chi connectivity index (χ1n) is 10.4. The molecular weight excluding hydrogens is 381 g/mol. The molecule has 0 heterocycles. The molecule has 5 fully saturated rings. The van der Waals surface area contributed by atoms with Gasteiger partial charge in [0.2, 0.25) is 10.0 Å². The minimum atomic E-state index is -3.70. The molecule has 7 heteroatoms. The quantitative estimate of drug-likeness (QED) is 0.744. The molecule has 28 heavy (non-hydrogen) atoms. The summed E-state index contributed by atoms with van der Waals surface area (Å²) in [7, 11) is -3.70. The number of fused-ring (bicyclic) bond motifs is 2. The van der Waals surface area contributed by atoms with Gasteiger partial charge in [-0.2, -0.15) is 0 Å². The van der Waals surface area contributed by atoms with Gasteiger partial charge in [0.05, 0.1) is 17.4 Å². The minimum Gasteiger partial charge on any atom is -0.493 e. The lowest BCUT2D eigenvalue weighted by Gasteiger charge is -2.52. The molecular formula is C21H26FNO4S. The van der Waals surface area contributed by atoms with Crippen molar-refractivity contribution in [3.05, 3.63) is 29.1 Å². The minimum absolute atomic E-state index is 0.210. The SMILES string of the molecule is O=C(NS(=O)(=O)C1CC1)c1cc(C2CC2)c(OCC23CCCC(C2)C3)cc1F. The number of halogens is 1. The summed E-state index contributed by atoms with van der Waals surface area (Å²) >= 11 is 0. The van der Waals surface area contributed by atoms with E-state index in [1.807, 2.05) is 4.72 Å². The first kappa shape index (κ1) is 18.4. The molecule has 0 radical (unpaired) electrons. The molecule has 5 nitrogen and oxygen atoms in total. The van der Waals surface area contributed by atoms with Crippen molar-refractivity contribution in [1.29, 1.82) is 0 Å². The van der Waals surface area contributed by atoms with Crippen LogP contribution in [0.1, 0.15) is 79.6 Å². The highest BCUT2D eigenvalue weighted by molar-refractivity contribution is 7.91. The lowest BCUT2D eigenvalue weighted by Crippen LogP contribution is -2.45. The van der Waals surface area contributed by atoms with Crippen LogP contribution in [0.5, 0.6) is 5.75 Å². The lowest BCUT2D eigenvalue weighted by atomic mass is 9.54. The number of sulfonamides is 1. The largest absolute Gasteiger partial charge is 0.493 e. The van der Waals surface area contributed by atoms with E-state index in [9.17, 15) is 17.6 Å². The van der Waals surface area contributed by atoms with Gasteiger partial charge in [-0.3, -0.25) is 4.79 Å². The van der Waals surface area contributed by atoms with Crippen molar-refractivity contribution in [2.24, 2.45) is 11.3 Å². The van der Waals surface area contributed by atoms with Crippen LogP contribution in [-0.4, -0.2) is 26.2 Å². The Morgan fingerprint density at radius 3 is 2.54 bits per heavy atom. The third kappa shape index (κ3) is 3.42. The van der Waals surface area contributed by atoms with Crippen LogP contribution in [0, 0.1) is 17.2 Å². The Kier molecular flexibility index (Phi) is 4.23. The second-order valence-corrected chi connectivity index (χ2v) is 11.2.